The van der Waals surface area contributed by atoms with Crippen molar-refractivity contribution in [3.63, 3.8) is 0 Å². The third-order valence-corrected chi connectivity index (χ3v) is 3.59. The van der Waals surface area contributed by atoms with Crippen molar-refractivity contribution in [2.24, 2.45) is 5.73 Å². The van der Waals surface area contributed by atoms with Crippen LogP contribution in [0, 0.1) is 0 Å². The van der Waals surface area contributed by atoms with E-state index in [-0.39, 0.29) is 6.04 Å². The fourth-order valence-corrected chi connectivity index (χ4v) is 2.06. The lowest BCUT2D eigenvalue weighted by molar-refractivity contribution is 0.643. The highest BCUT2D eigenvalue weighted by Crippen LogP contribution is 2.08. The quantitative estimate of drug-likeness (QED) is 0.730. The zero-order valence-corrected chi connectivity index (χ0v) is 12.4. The third kappa shape index (κ3) is 5.23. The molecule has 0 bridgehead atoms. The largest absolute Gasteiger partial charge is 0.344 e. The Morgan fingerprint density at radius 2 is 2.06 bits per heavy atom. The van der Waals surface area contributed by atoms with Crippen LogP contribution in [0.3, 0.4) is 0 Å². The molecule has 0 aliphatic heterocycles. The number of thioether (sulfide) groups is 1. The summed E-state index contributed by atoms with van der Waals surface area (Å²) in [6, 6.07) is 0.207. The number of aromatic nitrogens is 2. The predicted octanol–water partition coefficient (Wildman–Crippen LogP) is 1.95. The lowest BCUT2D eigenvalue weighted by Crippen LogP contribution is -2.23. The van der Waals surface area contributed by atoms with E-state index >= 15 is 0 Å². The number of anilines is 1. The Kier molecular flexibility index (Phi) is 7.05. The van der Waals surface area contributed by atoms with E-state index in [9.17, 15) is 0 Å². The molecule has 1 rings (SSSR count). The van der Waals surface area contributed by atoms with Crippen LogP contribution in [0.5, 0.6) is 0 Å². The van der Waals surface area contributed by atoms with Crippen LogP contribution in [0.15, 0.2) is 12.4 Å². The Morgan fingerprint density at radius 3 is 2.61 bits per heavy atom. The molecule has 1 atom stereocenters. The standard InChI is InChI=1S/C13H24N4S/c1-4-12(14)8-11-9-15-13(16-10-11)17(2)6-5-7-18-3/h9-10,12H,4-8,14H2,1-3H3. The summed E-state index contributed by atoms with van der Waals surface area (Å²) in [4.78, 5) is 10.9. The normalized spacial score (nSPS) is 12.4. The van der Waals surface area contributed by atoms with Gasteiger partial charge in [-0.25, -0.2) is 9.97 Å². The SMILES string of the molecule is CCC(N)Cc1cnc(N(C)CCCSC)nc1. The van der Waals surface area contributed by atoms with E-state index in [4.69, 9.17) is 5.73 Å². The molecule has 0 aliphatic rings. The Labute approximate surface area is 114 Å². The van der Waals surface area contributed by atoms with Crippen molar-refractivity contribution >= 4 is 17.7 Å². The highest BCUT2D eigenvalue weighted by Gasteiger charge is 2.06. The Balaban J connectivity index is 2.48. The summed E-state index contributed by atoms with van der Waals surface area (Å²) in [5, 5.41) is 0. The minimum atomic E-state index is 0.207. The highest BCUT2D eigenvalue weighted by molar-refractivity contribution is 7.98. The first-order valence-electron chi connectivity index (χ1n) is 6.44. The van der Waals surface area contributed by atoms with Crippen LogP contribution < -0.4 is 10.6 Å². The van der Waals surface area contributed by atoms with Crippen LogP contribution in [0.1, 0.15) is 25.3 Å². The lowest BCUT2D eigenvalue weighted by Gasteiger charge is -2.17. The molecular weight excluding hydrogens is 244 g/mol. The van der Waals surface area contributed by atoms with Gasteiger partial charge in [-0.1, -0.05) is 6.92 Å². The molecule has 0 spiro atoms. The molecule has 0 saturated heterocycles. The van der Waals surface area contributed by atoms with E-state index in [2.05, 4.69) is 28.0 Å². The zero-order chi connectivity index (χ0) is 13.4. The maximum atomic E-state index is 5.92. The predicted molar refractivity (Wildman–Crippen MR) is 80.3 cm³/mol. The molecule has 0 radical (unpaired) electrons. The summed E-state index contributed by atoms with van der Waals surface area (Å²) >= 11 is 1.87. The fourth-order valence-electron chi connectivity index (χ4n) is 1.64. The van der Waals surface area contributed by atoms with E-state index in [0.29, 0.717) is 0 Å². The second kappa shape index (κ2) is 8.32. The molecule has 102 valence electrons. The van der Waals surface area contributed by atoms with Gasteiger partial charge in [0.05, 0.1) is 0 Å². The van der Waals surface area contributed by atoms with Gasteiger partial charge in [0.15, 0.2) is 0 Å². The Bertz CT molecular complexity index is 328. The van der Waals surface area contributed by atoms with Gasteiger partial charge in [0, 0.05) is 32.0 Å². The van der Waals surface area contributed by atoms with Gasteiger partial charge in [-0.05, 0) is 36.8 Å². The van der Waals surface area contributed by atoms with Crippen LogP contribution in [0.4, 0.5) is 5.95 Å². The number of nitrogens with two attached hydrogens (primary N) is 1. The van der Waals surface area contributed by atoms with Gasteiger partial charge in [-0.3, -0.25) is 0 Å². The molecule has 0 aliphatic carbocycles. The first-order valence-corrected chi connectivity index (χ1v) is 7.83. The molecule has 0 saturated carbocycles. The van der Waals surface area contributed by atoms with E-state index in [1.807, 2.05) is 31.2 Å². The minimum absolute atomic E-state index is 0.207. The monoisotopic (exact) mass is 268 g/mol. The van der Waals surface area contributed by atoms with Crippen molar-refractivity contribution in [3.05, 3.63) is 18.0 Å². The first kappa shape index (κ1) is 15.2. The molecule has 5 heteroatoms. The second-order valence-corrected chi connectivity index (χ2v) is 5.52. The molecule has 0 aromatic carbocycles. The van der Waals surface area contributed by atoms with Gasteiger partial charge in [-0.2, -0.15) is 11.8 Å². The maximum absolute atomic E-state index is 5.92. The average Bonchev–Trinajstić information content (AvgIpc) is 2.39. The van der Waals surface area contributed by atoms with Gasteiger partial charge < -0.3 is 10.6 Å². The molecule has 1 unspecified atom stereocenters. The van der Waals surface area contributed by atoms with Crippen molar-refractivity contribution in [2.75, 3.05) is 30.5 Å². The smallest absolute Gasteiger partial charge is 0.224 e. The van der Waals surface area contributed by atoms with Crippen LogP contribution in [0.25, 0.3) is 0 Å². The van der Waals surface area contributed by atoms with Crippen LogP contribution >= 0.6 is 11.8 Å². The molecule has 0 amide bonds. The summed E-state index contributed by atoms with van der Waals surface area (Å²) < 4.78 is 0. The molecule has 18 heavy (non-hydrogen) atoms. The summed E-state index contributed by atoms with van der Waals surface area (Å²) in [6.07, 6.45) is 8.90. The van der Waals surface area contributed by atoms with Gasteiger partial charge in [0.2, 0.25) is 5.95 Å². The van der Waals surface area contributed by atoms with Gasteiger partial charge in [0.25, 0.3) is 0 Å². The maximum Gasteiger partial charge on any atom is 0.224 e. The zero-order valence-electron chi connectivity index (χ0n) is 11.6. The van der Waals surface area contributed by atoms with E-state index in [1.54, 1.807) is 0 Å². The highest BCUT2D eigenvalue weighted by atomic mass is 32.2. The van der Waals surface area contributed by atoms with Gasteiger partial charge in [0.1, 0.15) is 0 Å². The molecule has 1 aromatic heterocycles. The summed E-state index contributed by atoms with van der Waals surface area (Å²) in [7, 11) is 2.03. The molecule has 2 N–H and O–H groups in total. The third-order valence-electron chi connectivity index (χ3n) is 2.90. The lowest BCUT2D eigenvalue weighted by atomic mass is 10.1. The molecular formula is C13H24N4S. The van der Waals surface area contributed by atoms with Crippen molar-refractivity contribution < 1.29 is 0 Å². The average molecular weight is 268 g/mol. The van der Waals surface area contributed by atoms with Crippen molar-refractivity contribution in [1.29, 1.82) is 0 Å². The summed E-state index contributed by atoms with van der Waals surface area (Å²) in [6.45, 7) is 3.09. The van der Waals surface area contributed by atoms with Gasteiger partial charge >= 0.3 is 0 Å². The van der Waals surface area contributed by atoms with Crippen LogP contribution in [-0.2, 0) is 6.42 Å². The first-order chi connectivity index (χ1) is 8.67. The molecule has 1 aromatic rings. The molecule has 0 fully saturated rings. The van der Waals surface area contributed by atoms with Gasteiger partial charge in [-0.15, -0.1) is 0 Å². The summed E-state index contributed by atoms with van der Waals surface area (Å²) in [5.41, 5.74) is 7.03. The molecule has 4 nitrogen and oxygen atoms in total. The van der Waals surface area contributed by atoms with E-state index in [0.717, 1.165) is 37.3 Å². The van der Waals surface area contributed by atoms with Crippen molar-refractivity contribution in [2.45, 2.75) is 32.2 Å². The van der Waals surface area contributed by atoms with Crippen molar-refractivity contribution in [1.82, 2.24) is 9.97 Å². The number of rotatable bonds is 8. The fraction of sp³-hybridized carbons (Fsp3) is 0.692. The Hall–Kier alpha value is -0.810. The topological polar surface area (TPSA) is 55.0 Å². The van der Waals surface area contributed by atoms with Crippen molar-refractivity contribution in [3.8, 4) is 0 Å². The number of hydrogen-bond acceptors (Lipinski definition) is 5. The van der Waals surface area contributed by atoms with E-state index < -0.39 is 0 Å². The summed E-state index contributed by atoms with van der Waals surface area (Å²) in [5.74, 6) is 1.97. The second-order valence-electron chi connectivity index (χ2n) is 4.53. The Morgan fingerprint density at radius 1 is 1.39 bits per heavy atom. The van der Waals surface area contributed by atoms with Crippen LogP contribution in [-0.4, -0.2) is 41.6 Å². The number of hydrogen-bond donors (Lipinski definition) is 1. The van der Waals surface area contributed by atoms with Crippen LogP contribution in [0.2, 0.25) is 0 Å². The minimum Gasteiger partial charge on any atom is -0.344 e. The number of nitrogens with zero attached hydrogens (tertiary/aromatic N) is 3. The molecule has 1 heterocycles. The van der Waals surface area contributed by atoms with E-state index in [1.165, 1.54) is 5.75 Å².